The molecule has 1 aromatic carbocycles. The number of rotatable bonds is 4. The minimum atomic E-state index is -0.794. The van der Waals surface area contributed by atoms with E-state index in [0.29, 0.717) is 18.0 Å². The summed E-state index contributed by atoms with van der Waals surface area (Å²) in [6.45, 7) is 3.66. The van der Waals surface area contributed by atoms with Gasteiger partial charge in [0.15, 0.2) is 0 Å². The molecular formula is C16H15N3O3. The molecule has 0 aliphatic heterocycles. The van der Waals surface area contributed by atoms with Crippen molar-refractivity contribution in [1.29, 1.82) is 0 Å². The summed E-state index contributed by atoms with van der Waals surface area (Å²) in [5.74, 6) is -0.175. The zero-order valence-electron chi connectivity index (χ0n) is 12.3. The van der Waals surface area contributed by atoms with Crippen molar-refractivity contribution in [1.82, 2.24) is 15.1 Å². The summed E-state index contributed by atoms with van der Waals surface area (Å²) in [4.78, 5) is 19.4. The van der Waals surface area contributed by atoms with Gasteiger partial charge in [0.2, 0.25) is 0 Å². The van der Waals surface area contributed by atoms with Gasteiger partial charge in [-0.2, -0.15) is 4.98 Å². The van der Waals surface area contributed by atoms with Gasteiger partial charge < -0.3 is 9.63 Å². The Kier molecular flexibility index (Phi) is 3.58. The van der Waals surface area contributed by atoms with Crippen molar-refractivity contribution in [3.8, 4) is 11.3 Å². The Morgan fingerprint density at radius 2 is 1.91 bits per heavy atom. The second-order valence-corrected chi connectivity index (χ2v) is 5.16. The number of hydrogen-bond acceptors (Lipinski definition) is 5. The lowest BCUT2D eigenvalue weighted by molar-refractivity contribution is -0.136. The van der Waals surface area contributed by atoms with Crippen LogP contribution in [0.4, 0.5) is 0 Å². The minimum absolute atomic E-state index is 0.126. The summed E-state index contributed by atoms with van der Waals surface area (Å²) >= 11 is 0. The van der Waals surface area contributed by atoms with Crippen LogP contribution in [0.2, 0.25) is 0 Å². The predicted molar refractivity (Wildman–Crippen MR) is 80.5 cm³/mol. The van der Waals surface area contributed by atoms with Crippen molar-refractivity contribution in [3.63, 3.8) is 0 Å². The zero-order chi connectivity index (χ0) is 15.7. The maximum Gasteiger partial charge on any atom is 0.303 e. The van der Waals surface area contributed by atoms with Crippen LogP contribution in [0.1, 0.15) is 23.5 Å². The number of hydrogen-bond donors (Lipinski definition) is 1. The van der Waals surface area contributed by atoms with Crippen molar-refractivity contribution < 1.29 is 14.4 Å². The molecule has 0 spiro atoms. The Hall–Kier alpha value is -2.76. The first kappa shape index (κ1) is 14.2. The van der Waals surface area contributed by atoms with Crippen LogP contribution in [0.25, 0.3) is 22.4 Å². The molecule has 2 aromatic heterocycles. The third-order valence-electron chi connectivity index (χ3n) is 3.47. The molecule has 1 N–H and O–H groups in total. The first-order valence-corrected chi connectivity index (χ1v) is 6.96. The van der Waals surface area contributed by atoms with Crippen LogP contribution in [0, 0.1) is 13.8 Å². The number of carbonyl (C=O) groups is 1. The summed E-state index contributed by atoms with van der Waals surface area (Å²) in [6, 6.07) is 7.71. The lowest BCUT2D eigenvalue weighted by Gasteiger charge is -2.05. The molecule has 22 heavy (non-hydrogen) atoms. The van der Waals surface area contributed by atoms with E-state index < -0.39 is 5.97 Å². The molecule has 0 saturated heterocycles. The van der Waals surface area contributed by atoms with Crippen LogP contribution < -0.4 is 0 Å². The molecule has 6 heteroatoms. The van der Waals surface area contributed by atoms with Crippen molar-refractivity contribution in [2.45, 2.75) is 26.7 Å². The summed E-state index contributed by atoms with van der Waals surface area (Å²) in [6.07, 6.45) is 0.640. The van der Waals surface area contributed by atoms with E-state index in [2.05, 4.69) is 15.1 Å². The topological polar surface area (TPSA) is 89.1 Å². The van der Waals surface area contributed by atoms with Crippen LogP contribution in [-0.4, -0.2) is 26.2 Å². The molecule has 2 heterocycles. The highest BCUT2D eigenvalue weighted by atomic mass is 16.5. The molecule has 0 unspecified atom stereocenters. The van der Waals surface area contributed by atoms with Crippen LogP contribution in [0.5, 0.6) is 0 Å². The zero-order valence-corrected chi connectivity index (χ0v) is 12.3. The monoisotopic (exact) mass is 297 g/mol. The number of aromatic nitrogens is 3. The van der Waals surface area contributed by atoms with Crippen molar-refractivity contribution in [2.75, 3.05) is 0 Å². The molecule has 0 aliphatic rings. The highest BCUT2D eigenvalue weighted by Gasteiger charge is 2.15. The third kappa shape index (κ3) is 2.67. The van der Waals surface area contributed by atoms with E-state index in [0.717, 1.165) is 27.9 Å². The second-order valence-electron chi connectivity index (χ2n) is 5.16. The van der Waals surface area contributed by atoms with Crippen LogP contribution in [0.3, 0.4) is 0 Å². The van der Waals surface area contributed by atoms with Crippen LogP contribution in [-0.2, 0) is 11.2 Å². The molecule has 0 bridgehead atoms. The van der Waals surface area contributed by atoms with E-state index in [-0.39, 0.29) is 6.42 Å². The Morgan fingerprint density at radius 3 is 2.59 bits per heavy atom. The van der Waals surface area contributed by atoms with E-state index in [1.807, 2.05) is 38.1 Å². The van der Waals surface area contributed by atoms with E-state index in [1.165, 1.54) is 0 Å². The smallest absolute Gasteiger partial charge is 0.303 e. The fourth-order valence-corrected chi connectivity index (χ4v) is 2.39. The minimum Gasteiger partial charge on any atom is -0.481 e. The summed E-state index contributed by atoms with van der Waals surface area (Å²) < 4.78 is 5.21. The van der Waals surface area contributed by atoms with E-state index in [9.17, 15) is 4.79 Å². The summed E-state index contributed by atoms with van der Waals surface area (Å²) in [7, 11) is 0. The number of carboxylic acid groups (broad SMARTS) is 1. The van der Waals surface area contributed by atoms with Crippen LogP contribution >= 0.6 is 0 Å². The molecule has 3 aromatic rings. The SMILES string of the molecule is Cc1nc(-c2ccc(CCC(=O)O)cc2)c2c(C)noc2n1. The van der Waals surface area contributed by atoms with Gasteiger partial charge in [0.25, 0.3) is 5.71 Å². The summed E-state index contributed by atoms with van der Waals surface area (Å²) in [5.41, 5.74) is 3.93. The fourth-order valence-electron chi connectivity index (χ4n) is 2.39. The lowest BCUT2D eigenvalue weighted by atomic mass is 10.0. The van der Waals surface area contributed by atoms with Gasteiger partial charge in [-0.15, -0.1) is 0 Å². The molecule has 0 radical (unpaired) electrons. The number of carboxylic acids is 1. The molecule has 0 fully saturated rings. The van der Waals surface area contributed by atoms with Gasteiger partial charge in [-0.3, -0.25) is 4.79 Å². The normalized spacial score (nSPS) is 11.0. The first-order valence-electron chi connectivity index (χ1n) is 6.96. The average molecular weight is 297 g/mol. The molecule has 0 amide bonds. The van der Waals surface area contributed by atoms with Gasteiger partial charge in [-0.1, -0.05) is 29.4 Å². The highest BCUT2D eigenvalue weighted by molar-refractivity contribution is 5.91. The lowest BCUT2D eigenvalue weighted by Crippen LogP contribution is -1.97. The third-order valence-corrected chi connectivity index (χ3v) is 3.47. The molecule has 0 saturated carbocycles. The fraction of sp³-hybridized carbons (Fsp3) is 0.250. The maximum atomic E-state index is 10.6. The van der Waals surface area contributed by atoms with Gasteiger partial charge in [0.1, 0.15) is 5.82 Å². The molecule has 112 valence electrons. The summed E-state index contributed by atoms with van der Waals surface area (Å²) in [5, 5.41) is 13.5. The van der Waals surface area contributed by atoms with Crippen molar-refractivity contribution in [3.05, 3.63) is 41.3 Å². The quantitative estimate of drug-likeness (QED) is 0.796. The Labute approximate surface area is 126 Å². The molecule has 3 rings (SSSR count). The van der Waals surface area contributed by atoms with Gasteiger partial charge in [-0.05, 0) is 25.8 Å². The largest absolute Gasteiger partial charge is 0.481 e. The first-order chi connectivity index (χ1) is 10.5. The molecule has 6 nitrogen and oxygen atoms in total. The van der Waals surface area contributed by atoms with Crippen molar-refractivity contribution >= 4 is 17.1 Å². The number of benzene rings is 1. The van der Waals surface area contributed by atoms with E-state index in [4.69, 9.17) is 9.63 Å². The highest BCUT2D eigenvalue weighted by Crippen LogP contribution is 2.28. The van der Waals surface area contributed by atoms with Gasteiger partial charge in [0, 0.05) is 12.0 Å². The number of fused-ring (bicyclic) bond motifs is 1. The number of aliphatic carboxylic acids is 1. The average Bonchev–Trinajstić information content (AvgIpc) is 2.86. The van der Waals surface area contributed by atoms with Gasteiger partial charge >= 0.3 is 5.97 Å². The maximum absolute atomic E-state index is 10.6. The standard InChI is InChI=1S/C16H15N3O3/c1-9-14-15(17-10(2)18-16(14)22-19-9)12-6-3-11(4-7-12)5-8-13(20)21/h3-4,6-7H,5,8H2,1-2H3,(H,20,21). The van der Waals surface area contributed by atoms with Gasteiger partial charge in [-0.25, -0.2) is 4.98 Å². The number of nitrogens with zero attached hydrogens (tertiary/aromatic N) is 3. The predicted octanol–water partition coefficient (Wildman–Crippen LogP) is 2.92. The molecular weight excluding hydrogens is 282 g/mol. The van der Waals surface area contributed by atoms with Crippen LogP contribution in [0.15, 0.2) is 28.8 Å². The Bertz CT molecular complexity index is 838. The van der Waals surface area contributed by atoms with E-state index >= 15 is 0 Å². The Balaban J connectivity index is 2.00. The molecule has 0 atom stereocenters. The van der Waals surface area contributed by atoms with Crippen molar-refractivity contribution in [2.24, 2.45) is 0 Å². The molecule has 0 aliphatic carbocycles. The Morgan fingerprint density at radius 1 is 1.18 bits per heavy atom. The van der Waals surface area contributed by atoms with E-state index in [1.54, 1.807) is 0 Å². The number of aryl methyl sites for hydroxylation is 3. The second kappa shape index (κ2) is 5.55. The van der Waals surface area contributed by atoms with Gasteiger partial charge in [0.05, 0.1) is 16.8 Å².